The minimum atomic E-state index is 0.883. The third-order valence-corrected chi connectivity index (χ3v) is 4.45. The monoisotopic (exact) mass is 195 g/mol. The summed E-state index contributed by atoms with van der Waals surface area (Å²) in [5.41, 5.74) is 0. The fourth-order valence-electron chi connectivity index (χ4n) is 3.27. The van der Waals surface area contributed by atoms with Gasteiger partial charge in [0.1, 0.15) is 0 Å². The maximum absolute atomic E-state index is 2.76. The predicted molar refractivity (Wildman–Crippen MR) is 61.3 cm³/mol. The normalized spacial score (nSPS) is 36.0. The lowest BCUT2D eigenvalue weighted by molar-refractivity contribution is 0.0392. The zero-order valence-corrected chi connectivity index (χ0v) is 10.00. The quantitative estimate of drug-likeness (QED) is 0.654. The zero-order valence-electron chi connectivity index (χ0n) is 10.00. The Morgan fingerprint density at radius 1 is 1.14 bits per heavy atom. The van der Waals surface area contributed by atoms with Crippen molar-refractivity contribution in [1.82, 2.24) is 4.90 Å². The minimum Gasteiger partial charge on any atom is -0.300 e. The van der Waals surface area contributed by atoms with E-state index in [0.29, 0.717) is 0 Å². The van der Waals surface area contributed by atoms with Crippen LogP contribution in [0.15, 0.2) is 0 Å². The van der Waals surface area contributed by atoms with Crippen LogP contribution in [0, 0.1) is 17.8 Å². The molecule has 0 bridgehead atoms. The largest absolute Gasteiger partial charge is 0.300 e. The second-order valence-electron chi connectivity index (χ2n) is 5.75. The Bertz CT molecular complexity index is 184. The van der Waals surface area contributed by atoms with E-state index in [1.807, 2.05) is 0 Å². The van der Waals surface area contributed by atoms with Crippen LogP contribution in [0.4, 0.5) is 0 Å². The molecule has 2 rings (SSSR count). The maximum Gasteiger partial charge on any atom is 0.00953 e. The van der Waals surface area contributed by atoms with Gasteiger partial charge in [-0.3, -0.25) is 0 Å². The summed E-state index contributed by atoms with van der Waals surface area (Å²) in [6.45, 7) is 9.97. The molecule has 0 unspecified atom stereocenters. The van der Waals surface area contributed by atoms with Gasteiger partial charge >= 0.3 is 0 Å². The first kappa shape index (κ1) is 10.5. The van der Waals surface area contributed by atoms with E-state index in [9.17, 15) is 0 Å². The second kappa shape index (κ2) is 4.22. The van der Waals surface area contributed by atoms with Crippen LogP contribution in [0.3, 0.4) is 0 Å². The molecule has 82 valence electrons. The highest BCUT2D eigenvalue weighted by molar-refractivity contribution is 4.86. The van der Waals surface area contributed by atoms with Crippen LogP contribution < -0.4 is 0 Å². The number of piperidine rings is 1. The van der Waals surface area contributed by atoms with Gasteiger partial charge in [0.15, 0.2) is 0 Å². The van der Waals surface area contributed by atoms with E-state index in [1.165, 1.54) is 38.8 Å². The molecule has 1 saturated carbocycles. The first-order chi connectivity index (χ1) is 6.68. The zero-order chi connectivity index (χ0) is 10.1. The van der Waals surface area contributed by atoms with Crippen molar-refractivity contribution in [2.75, 3.05) is 13.1 Å². The van der Waals surface area contributed by atoms with Gasteiger partial charge in [0.25, 0.3) is 0 Å². The molecule has 0 radical (unpaired) electrons. The van der Waals surface area contributed by atoms with Crippen LogP contribution in [0.2, 0.25) is 0 Å². The molecule has 2 aliphatic rings. The van der Waals surface area contributed by atoms with Crippen molar-refractivity contribution in [3.8, 4) is 0 Å². The van der Waals surface area contributed by atoms with Crippen molar-refractivity contribution in [2.24, 2.45) is 17.8 Å². The average molecular weight is 195 g/mol. The minimum absolute atomic E-state index is 0.883. The Morgan fingerprint density at radius 2 is 1.86 bits per heavy atom. The summed E-state index contributed by atoms with van der Waals surface area (Å²) >= 11 is 0. The van der Waals surface area contributed by atoms with Gasteiger partial charge in [0.2, 0.25) is 0 Å². The van der Waals surface area contributed by atoms with Crippen molar-refractivity contribution >= 4 is 0 Å². The smallest absolute Gasteiger partial charge is 0.00953 e. The fourth-order valence-corrected chi connectivity index (χ4v) is 3.27. The van der Waals surface area contributed by atoms with Gasteiger partial charge < -0.3 is 4.90 Å². The summed E-state index contributed by atoms with van der Waals surface area (Å²) in [6, 6.07) is 0.963. The van der Waals surface area contributed by atoms with E-state index in [1.54, 1.807) is 0 Å². The second-order valence-corrected chi connectivity index (χ2v) is 5.75. The Kier molecular flexibility index (Phi) is 3.16. The molecule has 0 aromatic rings. The predicted octanol–water partition coefficient (Wildman–Crippen LogP) is 3.15. The van der Waals surface area contributed by atoms with Crippen molar-refractivity contribution in [1.29, 1.82) is 0 Å². The topological polar surface area (TPSA) is 3.24 Å². The SMILES string of the molecule is CC(C)[C@@H]1CCN(C2CCC2)C[C@@H]1C. The molecule has 1 nitrogen and oxygen atoms in total. The highest BCUT2D eigenvalue weighted by Crippen LogP contribution is 2.34. The van der Waals surface area contributed by atoms with E-state index in [4.69, 9.17) is 0 Å². The summed E-state index contributed by atoms with van der Waals surface area (Å²) in [4.78, 5) is 2.76. The van der Waals surface area contributed by atoms with Crippen LogP contribution in [0.5, 0.6) is 0 Å². The van der Waals surface area contributed by atoms with Crippen LogP contribution in [0.25, 0.3) is 0 Å². The van der Waals surface area contributed by atoms with E-state index in [0.717, 1.165) is 23.8 Å². The summed E-state index contributed by atoms with van der Waals surface area (Å²) < 4.78 is 0. The van der Waals surface area contributed by atoms with Gasteiger partial charge in [-0.05, 0) is 43.6 Å². The van der Waals surface area contributed by atoms with Crippen LogP contribution in [0.1, 0.15) is 46.5 Å². The third-order valence-electron chi connectivity index (χ3n) is 4.45. The van der Waals surface area contributed by atoms with Gasteiger partial charge in [-0.15, -0.1) is 0 Å². The van der Waals surface area contributed by atoms with Crippen LogP contribution in [-0.4, -0.2) is 24.0 Å². The standard InChI is InChI=1S/C13H25N/c1-10(2)13-7-8-14(9-11(13)3)12-5-4-6-12/h10-13H,4-9H2,1-3H3/t11-,13-/m0/s1. The Morgan fingerprint density at radius 3 is 2.29 bits per heavy atom. The number of nitrogens with zero attached hydrogens (tertiary/aromatic N) is 1. The molecule has 1 heterocycles. The van der Waals surface area contributed by atoms with Crippen molar-refractivity contribution < 1.29 is 0 Å². The number of hydrogen-bond acceptors (Lipinski definition) is 1. The van der Waals surface area contributed by atoms with Gasteiger partial charge in [-0.25, -0.2) is 0 Å². The lowest BCUT2D eigenvalue weighted by Crippen LogP contribution is -2.48. The van der Waals surface area contributed by atoms with Crippen LogP contribution >= 0.6 is 0 Å². The number of likely N-dealkylation sites (tertiary alicyclic amines) is 1. The summed E-state index contributed by atoms with van der Waals surface area (Å²) in [5.74, 6) is 2.78. The molecule has 2 fully saturated rings. The Balaban J connectivity index is 1.85. The molecule has 0 spiro atoms. The van der Waals surface area contributed by atoms with E-state index >= 15 is 0 Å². The molecule has 2 atom stereocenters. The first-order valence-corrected chi connectivity index (χ1v) is 6.42. The molecule has 0 aromatic heterocycles. The molecule has 1 aliphatic heterocycles. The summed E-state index contributed by atoms with van der Waals surface area (Å²) in [5, 5.41) is 0. The molecule has 0 amide bonds. The van der Waals surface area contributed by atoms with Gasteiger partial charge in [-0.1, -0.05) is 27.2 Å². The molecule has 1 aliphatic carbocycles. The third kappa shape index (κ3) is 1.98. The molecule has 14 heavy (non-hydrogen) atoms. The van der Waals surface area contributed by atoms with Crippen molar-refractivity contribution in [3.63, 3.8) is 0 Å². The van der Waals surface area contributed by atoms with Gasteiger partial charge in [0, 0.05) is 12.6 Å². The highest BCUT2D eigenvalue weighted by atomic mass is 15.2. The van der Waals surface area contributed by atoms with Gasteiger partial charge in [-0.2, -0.15) is 0 Å². The van der Waals surface area contributed by atoms with Crippen LogP contribution in [-0.2, 0) is 0 Å². The molecule has 0 aromatic carbocycles. The molecule has 1 heteroatoms. The lowest BCUT2D eigenvalue weighted by atomic mass is 9.77. The number of hydrogen-bond donors (Lipinski definition) is 0. The van der Waals surface area contributed by atoms with Gasteiger partial charge in [0.05, 0.1) is 0 Å². The summed E-state index contributed by atoms with van der Waals surface area (Å²) in [6.07, 6.45) is 5.86. The lowest BCUT2D eigenvalue weighted by Gasteiger charge is -2.45. The molecular weight excluding hydrogens is 170 g/mol. The first-order valence-electron chi connectivity index (χ1n) is 6.42. The fraction of sp³-hybridized carbons (Fsp3) is 1.00. The van der Waals surface area contributed by atoms with Crippen molar-refractivity contribution in [2.45, 2.75) is 52.5 Å². The highest BCUT2D eigenvalue weighted by Gasteiger charge is 2.33. The van der Waals surface area contributed by atoms with E-state index in [-0.39, 0.29) is 0 Å². The Labute approximate surface area is 88.9 Å². The molecule has 0 N–H and O–H groups in total. The molecule has 1 saturated heterocycles. The maximum atomic E-state index is 2.76. The van der Waals surface area contributed by atoms with Crippen molar-refractivity contribution in [3.05, 3.63) is 0 Å². The number of rotatable bonds is 2. The average Bonchev–Trinajstić information content (AvgIpc) is 2.00. The molecular formula is C13H25N. The van der Waals surface area contributed by atoms with E-state index in [2.05, 4.69) is 25.7 Å². The Hall–Kier alpha value is -0.0400. The summed E-state index contributed by atoms with van der Waals surface area (Å²) in [7, 11) is 0. The van der Waals surface area contributed by atoms with E-state index < -0.39 is 0 Å².